The number of imidazole rings is 1. The third kappa shape index (κ3) is 4.46. The van der Waals surface area contributed by atoms with Gasteiger partial charge in [0.2, 0.25) is 5.95 Å². The number of benzene rings is 1. The van der Waals surface area contributed by atoms with E-state index in [0.717, 1.165) is 9.47 Å². The van der Waals surface area contributed by atoms with Crippen LogP contribution in [0.1, 0.15) is 6.92 Å². The van der Waals surface area contributed by atoms with Crippen molar-refractivity contribution in [2.45, 2.75) is 19.6 Å². The number of anilines is 2. The maximum Gasteiger partial charge on any atom is 0.414 e. The van der Waals surface area contributed by atoms with E-state index >= 15 is 0 Å². The maximum atomic E-state index is 13.2. The van der Waals surface area contributed by atoms with E-state index in [1.807, 2.05) is 4.90 Å². The molecule has 1 amide bonds. The molecule has 2 N–H and O–H groups in total. The number of hydrogen-bond donors (Lipinski definition) is 2. The SMILES string of the molecule is CCN(C(=O)O)c1nc2cc(-c3nc(N4CCOCC4)c4ccn(CC(F)(F)F)c4n3)ccc2[nH]1. The number of ether oxygens (including phenoxy) is 1. The Balaban J connectivity index is 1.63. The highest BCUT2D eigenvalue weighted by Gasteiger charge is 2.30. The van der Waals surface area contributed by atoms with Gasteiger partial charge in [0.15, 0.2) is 5.82 Å². The number of nitrogens with zero attached hydrogens (tertiary/aromatic N) is 6. The van der Waals surface area contributed by atoms with Crippen LogP contribution in [0, 0.1) is 0 Å². The van der Waals surface area contributed by atoms with Crippen molar-refractivity contribution in [1.82, 2.24) is 24.5 Å². The zero-order valence-corrected chi connectivity index (χ0v) is 18.7. The molecule has 10 nitrogen and oxygen atoms in total. The standard InChI is InChI=1S/C22H22F3N7O3/c1-2-32(21(33)34)20-26-15-4-3-13(11-16(15)27-20)17-28-18(30-7-9-35-10-8-30)14-5-6-31(19(14)29-17)12-22(23,24)25/h3-6,11H,2,7-10,12H2,1H3,(H,26,27)(H,33,34). The van der Waals surface area contributed by atoms with Crippen molar-refractivity contribution in [2.75, 3.05) is 42.6 Å². The van der Waals surface area contributed by atoms with Gasteiger partial charge in [0.05, 0.1) is 29.6 Å². The lowest BCUT2D eigenvalue weighted by Gasteiger charge is -2.28. The summed E-state index contributed by atoms with van der Waals surface area (Å²) in [6, 6.07) is 6.73. The number of rotatable bonds is 5. The molecule has 3 aromatic heterocycles. The van der Waals surface area contributed by atoms with Crippen LogP contribution < -0.4 is 9.80 Å². The van der Waals surface area contributed by atoms with E-state index < -0.39 is 18.8 Å². The number of aromatic nitrogens is 5. The third-order valence-electron chi connectivity index (χ3n) is 5.79. The molecule has 0 saturated carbocycles. The van der Waals surface area contributed by atoms with E-state index in [0.29, 0.717) is 54.1 Å². The van der Waals surface area contributed by atoms with Gasteiger partial charge in [-0.1, -0.05) is 0 Å². The van der Waals surface area contributed by atoms with E-state index in [1.165, 1.54) is 6.20 Å². The Bertz CT molecular complexity index is 1390. The predicted molar refractivity (Wildman–Crippen MR) is 123 cm³/mol. The Morgan fingerprint density at radius 3 is 2.66 bits per heavy atom. The number of aromatic amines is 1. The van der Waals surface area contributed by atoms with E-state index in [9.17, 15) is 23.1 Å². The molecule has 1 saturated heterocycles. The summed E-state index contributed by atoms with van der Waals surface area (Å²) in [7, 11) is 0. The molecule has 0 radical (unpaired) electrons. The number of halogens is 3. The van der Waals surface area contributed by atoms with Crippen LogP contribution in [0.15, 0.2) is 30.5 Å². The smallest absolute Gasteiger partial charge is 0.414 e. The van der Waals surface area contributed by atoms with Crippen molar-refractivity contribution >= 4 is 39.9 Å². The van der Waals surface area contributed by atoms with Gasteiger partial charge in [0, 0.05) is 31.4 Å². The average molecular weight is 489 g/mol. The Hall–Kier alpha value is -3.87. The number of hydrogen-bond acceptors (Lipinski definition) is 6. The first kappa shape index (κ1) is 22.9. The van der Waals surface area contributed by atoms with Gasteiger partial charge in [-0.15, -0.1) is 0 Å². The van der Waals surface area contributed by atoms with Gasteiger partial charge in [-0.2, -0.15) is 13.2 Å². The quantitative estimate of drug-likeness (QED) is 0.438. The minimum Gasteiger partial charge on any atom is -0.465 e. The van der Waals surface area contributed by atoms with E-state index in [2.05, 4.69) is 15.0 Å². The predicted octanol–water partition coefficient (Wildman–Crippen LogP) is 3.88. The van der Waals surface area contributed by atoms with Crippen LogP contribution in [0.2, 0.25) is 0 Å². The van der Waals surface area contributed by atoms with Crippen molar-refractivity contribution in [3.8, 4) is 11.4 Å². The number of fused-ring (bicyclic) bond motifs is 2. The third-order valence-corrected chi connectivity index (χ3v) is 5.79. The van der Waals surface area contributed by atoms with Crippen LogP contribution in [0.3, 0.4) is 0 Å². The molecule has 0 bridgehead atoms. The van der Waals surface area contributed by atoms with Gasteiger partial charge in [-0.3, -0.25) is 0 Å². The Kier molecular flexibility index (Phi) is 5.71. The summed E-state index contributed by atoms with van der Waals surface area (Å²) in [6.45, 7) is 2.83. The lowest BCUT2D eigenvalue weighted by Crippen LogP contribution is -2.37. The fraction of sp³-hybridized carbons (Fsp3) is 0.364. The molecule has 1 aliphatic heterocycles. The molecule has 0 unspecified atom stereocenters. The molecule has 4 aromatic rings. The first-order chi connectivity index (χ1) is 16.7. The zero-order valence-electron chi connectivity index (χ0n) is 18.7. The lowest BCUT2D eigenvalue weighted by molar-refractivity contribution is -0.139. The molecule has 0 spiro atoms. The van der Waals surface area contributed by atoms with Gasteiger partial charge < -0.3 is 24.3 Å². The average Bonchev–Trinajstić information content (AvgIpc) is 3.41. The monoisotopic (exact) mass is 489 g/mol. The highest BCUT2D eigenvalue weighted by atomic mass is 19.4. The molecule has 0 atom stereocenters. The molecule has 4 heterocycles. The van der Waals surface area contributed by atoms with E-state index in [4.69, 9.17) is 9.72 Å². The fourth-order valence-corrected chi connectivity index (χ4v) is 4.15. The van der Waals surface area contributed by atoms with Gasteiger partial charge >= 0.3 is 12.3 Å². The number of carboxylic acid groups (broad SMARTS) is 1. The van der Waals surface area contributed by atoms with E-state index in [1.54, 1.807) is 31.2 Å². The highest BCUT2D eigenvalue weighted by Crippen LogP contribution is 2.32. The number of H-pyrrole nitrogens is 1. The summed E-state index contributed by atoms with van der Waals surface area (Å²) >= 11 is 0. The molecule has 1 aliphatic rings. The highest BCUT2D eigenvalue weighted by molar-refractivity contribution is 5.91. The molecule has 35 heavy (non-hydrogen) atoms. The summed E-state index contributed by atoms with van der Waals surface area (Å²) in [5, 5.41) is 9.91. The second-order valence-corrected chi connectivity index (χ2v) is 8.09. The Labute approximate surface area is 197 Å². The molecule has 1 aromatic carbocycles. The minimum absolute atomic E-state index is 0.177. The van der Waals surface area contributed by atoms with Crippen molar-refractivity contribution in [3.63, 3.8) is 0 Å². The fourth-order valence-electron chi connectivity index (χ4n) is 4.15. The molecule has 13 heteroatoms. The van der Waals surface area contributed by atoms with Gasteiger partial charge in [0.1, 0.15) is 18.0 Å². The van der Waals surface area contributed by atoms with E-state index in [-0.39, 0.29) is 24.0 Å². The summed E-state index contributed by atoms with van der Waals surface area (Å²) in [5.74, 6) is 0.967. The number of carbonyl (C=O) groups is 1. The first-order valence-electron chi connectivity index (χ1n) is 11.0. The summed E-state index contributed by atoms with van der Waals surface area (Å²) in [6.07, 6.45) is -4.17. The summed E-state index contributed by atoms with van der Waals surface area (Å²) in [4.78, 5) is 31.1. The number of morpholine rings is 1. The van der Waals surface area contributed by atoms with Crippen molar-refractivity contribution in [3.05, 3.63) is 30.5 Å². The maximum absolute atomic E-state index is 13.2. The normalized spacial score (nSPS) is 14.7. The molecule has 0 aliphatic carbocycles. The van der Waals surface area contributed by atoms with Gasteiger partial charge in [-0.25, -0.2) is 24.6 Å². The van der Waals surface area contributed by atoms with Crippen LogP contribution in [0.25, 0.3) is 33.5 Å². The summed E-state index contributed by atoms with van der Waals surface area (Å²) < 4.78 is 46.1. The molecular weight excluding hydrogens is 467 g/mol. The second-order valence-electron chi connectivity index (χ2n) is 8.09. The van der Waals surface area contributed by atoms with Gasteiger partial charge in [0.25, 0.3) is 0 Å². The van der Waals surface area contributed by atoms with Crippen molar-refractivity contribution < 1.29 is 27.8 Å². The number of amides is 1. The van der Waals surface area contributed by atoms with Crippen LogP contribution in [0.4, 0.5) is 29.7 Å². The number of nitrogens with one attached hydrogen (secondary N) is 1. The lowest BCUT2D eigenvalue weighted by atomic mass is 10.2. The molecule has 1 fully saturated rings. The zero-order chi connectivity index (χ0) is 24.7. The topological polar surface area (TPSA) is 112 Å². The van der Waals surface area contributed by atoms with Crippen LogP contribution in [-0.4, -0.2) is 74.7 Å². The Morgan fingerprint density at radius 2 is 1.97 bits per heavy atom. The summed E-state index contributed by atoms with van der Waals surface area (Å²) in [5.41, 5.74) is 1.82. The van der Waals surface area contributed by atoms with Crippen LogP contribution in [0.5, 0.6) is 0 Å². The van der Waals surface area contributed by atoms with Crippen LogP contribution >= 0.6 is 0 Å². The largest absolute Gasteiger partial charge is 0.465 e. The first-order valence-corrected chi connectivity index (χ1v) is 11.0. The molecule has 5 rings (SSSR count). The van der Waals surface area contributed by atoms with Crippen LogP contribution in [-0.2, 0) is 11.3 Å². The number of alkyl halides is 3. The van der Waals surface area contributed by atoms with Crippen molar-refractivity contribution in [2.24, 2.45) is 0 Å². The Morgan fingerprint density at radius 1 is 1.20 bits per heavy atom. The molecular formula is C22H22F3N7O3. The minimum atomic E-state index is -4.41. The molecule has 184 valence electrons. The van der Waals surface area contributed by atoms with Gasteiger partial charge in [-0.05, 0) is 31.2 Å². The second kappa shape index (κ2) is 8.73. The van der Waals surface area contributed by atoms with Crippen molar-refractivity contribution in [1.29, 1.82) is 0 Å².